The summed E-state index contributed by atoms with van der Waals surface area (Å²) in [5, 5.41) is 0. The lowest BCUT2D eigenvalue weighted by Gasteiger charge is -2.39. The summed E-state index contributed by atoms with van der Waals surface area (Å²) in [4.78, 5) is 30.6. The lowest BCUT2D eigenvalue weighted by Crippen LogP contribution is -2.39. The molecule has 0 spiro atoms. The molecule has 0 bridgehead atoms. The Morgan fingerprint density at radius 3 is 2.46 bits per heavy atom. The van der Waals surface area contributed by atoms with Gasteiger partial charge in [-0.2, -0.15) is 0 Å². The van der Waals surface area contributed by atoms with Crippen LogP contribution in [0.3, 0.4) is 0 Å². The molecule has 150 valence electrons. The Labute approximate surface area is 165 Å². The molecule has 28 heavy (non-hydrogen) atoms. The molecule has 1 aromatic rings. The normalized spacial score (nSPS) is 23.6. The monoisotopic (exact) mass is 385 g/mol. The quantitative estimate of drug-likeness (QED) is 0.739. The highest BCUT2D eigenvalue weighted by molar-refractivity contribution is 6.09. The van der Waals surface area contributed by atoms with E-state index in [0.717, 1.165) is 11.3 Å². The molecule has 0 radical (unpaired) electrons. The molecule has 1 heterocycles. The van der Waals surface area contributed by atoms with Gasteiger partial charge < -0.3 is 14.2 Å². The Balaban J connectivity index is 2.27. The maximum absolute atomic E-state index is 13.2. The molecular formula is C22H27NO5. The fraction of sp³-hybridized carbons (Fsp3) is 0.500. The molecule has 2 atom stereocenters. The number of aliphatic imine (C=N–C) groups is 1. The van der Waals surface area contributed by atoms with Crippen LogP contribution in [-0.4, -0.2) is 38.8 Å². The molecule has 0 fully saturated rings. The molecule has 2 aliphatic rings. The van der Waals surface area contributed by atoms with Gasteiger partial charge in [0.25, 0.3) is 0 Å². The van der Waals surface area contributed by atoms with Crippen molar-refractivity contribution in [2.24, 2.45) is 16.3 Å². The smallest absolute Gasteiger partial charge is 0.315 e. The van der Waals surface area contributed by atoms with E-state index >= 15 is 0 Å². The molecule has 0 saturated heterocycles. The SMILES string of the molecule is COC(=O)C1C(C)=NC2=C(C(=O)CC(C)(C)C2)[C@H]1c1cc(OC)ccc1OC. The van der Waals surface area contributed by atoms with E-state index in [1.165, 1.54) is 7.11 Å². The van der Waals surface area contributed by atoms with Gasteiger partial charge >= 0.3 is 5.97 Å². The second-order valence-corrected chi connectivity index (χ2v) is 8.14. The number of ketones is 1. The average molecular weight is 385 g/mol. The van der Waals surface area contributed by atoms with Crippen LogP contribution in [0.4, 0.5) is 0 Å². The van der Waals surface area contributed by atoms with Crippen LogP contribution in [-0.2, 0) is 14.3 Å². The van der Waals surface area contributed by atoms with Crippen molar-refractivity contribution in [3.05, 3.63) is 35.0 Å². The summed E-state index contributed by atoms with van der Waals surface area (Å²) in [6.45, 7) is 5.94. The van der Waals surface area contributed by atoms with E-state index in [2.05, 4.69) is 18.8 Å². The summed E-state index contributed by atoms with van der Waals surface area (Å²) in [6, 6.07) is 5.41. The number of hydrogen-bond donors (Lipinski definition) is 0. The molecule has 0 saturated carbocycles. The van der Waals surface area contributed by atoms with Gasteiger partial charge in [-0.1, -0.05) is 13.8 Å². The Kier molecular flexibility index (Phi) is 5.33. The largest absolute Gasteiger partial charge is 0.497 e. The molecule has 6 heteroatoms. The fourth-order valence-corrected chi connectivity index (χ4v) is 4.30. The summed E-state index contributed by atoms with van der Waals surface area (Å²) in [7, 11) is 4.50. The van der Waals surface area contributed by atoms with Crippen molar-refractivity contribution >= 4 is 17.5 Å². The van der Waals surface area contributed by atoms with Gasteiger partial charge in [-0.3, -0.25) is 14.6 Å². The summed E-state index contributed by atoms with van der Waals surface area (Å²) < 4.78 is 16.0. The topological polar surface area (TPSA) is 74.2 Å². The summed E-state index contributed by atoms with van der Waals surface area (Å²) in [6.07, 6.45) is 1.10. The van der Waals surface area contributed by atoms with Gasteiger partial charge in [-0.05, 0) is 37.0 Å². The van der Waals surface area contributed by atoms with Gasteiger partial charge in [0.05, 0.1) is 21.3 Å². The summed E-state index contributed by atoms with van der Waals surface area (Å²) in [5.74, 6) is -0.376. The van der Waals surface area contributed by atoms with Gasteiger partial charge in [0.1, 0.15) is 17.4 Å². The summed E-state index contributed by atoms with van der Waals surface area (Å²) in [5.41, 5.74) is 2.56. The first-order chi connectivity index (χ1) is 13.2. The Bertz CT molecular complexity index is 881. The predicted molar refractivity (Wildman–Crippen MR) is 106 cm³/mol. The highest BCUT2D eigenvalue weighted by Crippen LogP contribution is 2.50. The maximum atomic E-state index is 13.2. The number of carbonyl (C=O) groups is 2. The van der Waals surface area contributed by atoms with E-state index in [-0.39, 0.29) is 11.2 Å². The molecule has 6 nitrogen and oxygen atoms in total. The van der Waals surface area contributed by atoms with E-state index in [4.69, 9.17) is 14.2 Å². The van der Waals surface area contributed by atoms with Gasteiger partial charge in [-0.25, -0.2) is 0 Å². The van der Waals surface area contributed by atoms with Gasteiger partial charge in [0.15, 0.2) is 5.78 Å². The van der Waals surface area contributed by atoms with E-state index < -0.39 is 17.8 Å². The van der Waals surface area contributed by atoms with Crippen LogP contribution >= 0.6 is 0 Å². The second-order valence-electron chi connectivity index (χ2n) is 8.14. The number of carbonyl (C=O) groups excluding carboxylic acids is 2. The molecule has 3 rings (SSSR count). The Hall–Kier alpha value is -2.63. The fourth-order valence-electron chi connectivity index (χ4n) is 4.30. The summed E-state index contributed by atoms with van der Waals surface area (Å²) >= 11 is 0. The molecular weight excluding hydrogens is 358 g/mol. The van der Waals surface area contributed by atoms with Crippen molar-refractivity contribution in [3.63, 3.8) is 0 Å². The van der Waals surface area contributed by atoms with Crippen molar-refractivity contribution in [3.8, 4) is 11.5 Å². The zero-order valence-corrected chi connectivity index (χ0v) is 17.3. The number of rotatable bonds is 4. The van der Waals surface area contributed by atoms with Crippen LogP contribution in [0, 0.1) is 11.3 Å². The van der Waals surface area contributed by atoms with E-state index in [1.807, 2.05) is 13.0 Å². The number of nitrogens with zero attached hydrogens (tertiary/aromatic N) is 1. The van der Waals surface area contributed by atoms with E-state index in [1.54, 1.807) is 26.4 Å². The second kappa shape index (κ2) is 7.41. The number of benzene rings is 1. The van der Waals surface area contributed by atoms with Crippen LogP contribution in [0.5, 0.6) is 11.5 Å². The number of methoxy groups -OCH3 is 3. The highest BCUT2D eigenvalue weighted by atomic mass is 16.5. The minimum absolute atomic E-state index is 0.0197. The zero-order chi connectivity index (χ0) is 20.6. The predicted octanol–water partition coefficient (Wildman–Crippen LogP) is 3.69. The molecule has 0 amide bonds. The van der Waals surface area contributed by atoms with E-state index in [0.29, 0.717) is 35.6 Å². The highest BCUT2D eigenvalue weighted by Gasteiger charge is 2.46. The van der Waals surface area contributed by atoms with Crippen molar-refractivity contribution in [2.45, 2.75) is 39.5 Å². The number of allylic oxidation sites excluding steroid dienone is 2. The average Bonchev–Trinajstić information content (AvgIpc) is 2.64. The number of esters is 1. The number of hydrogen-bond acceptors (Lipinski definition) is 6. The van der Waals surface area contributed by atoms with E-state index in [9.17, 15) is 9.59 Å². The lowest BCUT2D eigenvalue weighted by molar-refractivity contribution is -0.143. The Morgan fingerprint density at radius 1 is 1.14 bits per heavy atom. The maximum Gasteiger partial charge on any atom is 0.315 e. The first-order valence-electron chi connectivity index (χ1n) is 9.33. The molecule has 0 N–H and O–H groups in total. The molecule has 0 aromatic heterocycles. The molecule has 1 unspecified atom stereocenters. The third-order valence-electron chi connectivity index (χ3n) is 5.53. The van der Waals surface area contributed by atoms with Crippen LogP contribution in [0.1, 0.15) is 45.1 Å². The first-order valence-corrected chi connectivity index (χ1v) is 9.33. The van der Waals surface area contributed by atoms with Crippen LogP contribution in [0.15, 0.2) is 34.5 Å². The molecule has 1 aliphatic carbocycles. The Morgan fingerprint density at radius 2 is 1.86 bits per heavy atom. The zero-order valence-electron chi connectivity index (χ0n) is 17.3. The van der Waals surface area contributed by atoms with Crippen molar-refractivity contribution in [1.82, 2.24) is 0 Å². The number of Topliss-reactive ketones (excluding diaryl/α,β-unsaturated/α-hetero) is 1. The number of ether oxygens (including phenoxy) is 3. The van der Waals surface area contributed by atoms with Crippen molar-refractivity contribution < 1.29 is 23.8 Å². The van der Waals surface area contributed by atoms with Crippen molar-refractivity contribution in [2.75, 3.05) is 21.3 Å². The van der Waals surface area contributed by atoms with Crippen LogP contribution in [0.25, 0.3) is 0 Å². The van der Waals surface area contributed by atoms with Gasteiger partial charge in [0, 0.05) is 34.9 Å². The molecule has 1 aliphatic heterocycles. The minimum atomic E-state index is -0.685. The lowest BCUT2D eigenvalue weighted by atomic mass is 9.66. The van der Waals surface area contributed by atoms with Crippen molar-refractivity contribution in [1.29, 1.82) is 0 Å². The van der Waals surface area contributed by atoms with Gasteiger partial charge in [0.2, 0.25) is 0 Å². The third-order valence-corrected chi connectivity index (χ3v) is 5.53. The third kappa shape index (κ3) is 3.43. The van der Waals surface area contributed by atoms with Gasteiger partial charge in [-0.15, -0.1) is 0 Å². The standard InChI is InChI=1S/C22H27NO5/c1-12-18(21(25)28-6)19(14-9-13(26-4)7-8-17(14)27-5)20-15(23-12)10-22(2,3)11-16(20)24/h7-9,18-19H,10-11H2,1-6H3/t18?,19-/m0/s1. The molecule has 1 aromatic carbocycles. The van der Waals surface area contributed by atoms with Crippen LogP contribution in [0.2, 0.25) is 0 Å². The van der Waals surface area contributed by atoms with Crippen LogP contribution < -0.4 is 9.47 Å². The minimum Gasteiger partial charge on any atom is -0.497 e. The first kappa shape index (κ1) is 20.1.